The lowest BCUT2D eigenvalue weighted by Gasteiger charge is -2.24. The lowest BCUT2D eigenvalue weighted by Crippen LogP contribution is -2.24. The number of hydrogen-bond acceptors (Lipinski definition) is 3. The minimum atomic E-state index is -0.0503. The van der Waals surface area contributed by atoms with E-state index in [2.05, 4.69) is 42.3 Å². The standard InChI is InChI=1S/C23H21N3O2/c1-4-11-28-19-9-6-17(7-10-19)20-13-22(27)25-23-21(20)14-24-26(23)18-8-5-15(2)16(3)12-18/h1,5-10,12,14,20H,11,13H2,2-3H3,(H,25,27). The van der Waals surface area contributed by atoms with Crippen LogP contribution in [0, 0.1) is 26.2 Å². The number of ether oxygens (including phenoxy) is 1. The van der Waals surface area contributed by atoms with Gasteiger partial charge in [0.2, 0.25) is 5.91 Å². The fourth-order valence-electron chi connectivity index (χ4n) is 3.49. The van der Waals surface area contributed by atoms with Gasteiger partial charge in [0.1, 0.15) is 18.2 Å². The smallest absolute Gasteiger partial charge is 0.226 e. The van der Waals surface area contributed by atoms with Crippen LogP contribution in [0.2, 0.25) is 0 Å². The molecule has 28 heavy (non-hydrogen) atoms. The van der Waals surface area contributed by atoms with Crippen LogP contribution in [0.4, 0.5) is 5.82 Å². The van der Waals surface area contributed by atoms with Gasteiger partial charge in [0.25, 0.3) is 0 Å². The fraction of sp³-hybridized carbons (Fsp3) is 0.217. The molecular formula is C23H21N3O2. The minimum Gasteiger partial charge on any atom is -0.481 e. The Morgan fingerprint density at radius 3 is 2.71 bits per heavy atom. The molecule has 1 amide bonds. The van der Waals surface area contributed by atoms with E-state index in [0.29, 0.717) is 12.2 Å². The first-order chi connectivity index (χ1) is 13.6. The van der Waals surface area contributed by atoms with Crippen LogP contribution in [0.15, 0.2) is 48.7 Å². The number of aromatic nitrogens is 2. The van der Waals surface area contributed by atoms with Gasteiger partial charge in [-0.1, -0.05) is 24.1 Å². The molecule has 0 aliphatic carbocycles. The molecule has 0 spiro atoms. The fourth-order valence-corrected chi connectivity index (χ4v) is 3.49. The molecule has 1 aromatic heterocycles. The Kier molecular flexibility index (Phi) is 4.62. The maximum Gasteiger partial charge on any atom is 0.226 e. The van der Waals surface area contributed by atoms with Crippen LogP contribution in [0.25, 0.3) is 5.69 Å². The summed E-state index contributed by atoms with van der Waals surface area (Å²) in [4.78, 5) is 12.4. The molecule has 2 aromatic carbocycles. The zero-order valence-corrected chi connectivity index (χ0v) is 15.9. The highest BCUT2D eigenvalue weighted by atomic mass is 16.5. The van der Waals surface area contributed by atoms with Crippen LogP contribution in [0.5, 0.6) is 5.75 Å². The summed E-state index contributed by atoms with van der Waals surface area (Å²) in [7, 11) is 0. The Balaban J connectivity index is 1.70. The number of hydrogen-bond donors (Lipinski definition) is 1. The molecular weight excluding hydrogens is 350 g/mol. The largest absolute Gasteiger partial charge is 0.481 e. The first-order valence-corrected chi connectivity index (χ1v) is 9.18. The number of carbonyl (C=O) groups is 1. The quantitative estimate of drug-likeness (QED) is 0.706. The number of nitrogens with zero attached hydrogens (tertiary/aromatic N) is 2. The van der Waals surface area contributed by atoms with Crippen molar-refractivity contribution in [2.24, 2.45) is 0 Å². The molecule has 4 rings (SSSR count). The average Bonchev–Trinajstić information content (AvgIpc) is 3.12. The van der Waals surface area contributed by atoms with Gasteiger partial charge in [0.05, 0.1) is 11.9 Å². The number of carbonyl (C=O) groups excluding carboxylic acids is 1. The van der Waals surface area contributed by atoms with Crippen molar-refractivity contribution >= 4 is 11.7 Å². The molecule has 0 saturated carbocycles. The second-order valence-corrected chi connectivity index (χ2v) is 7.00. The zero-order chi connectivity index (χ0) is 19.7. The van der Waals surface area contributed by atoms with E-state index in [4.69, 9.17) is 11.2 Å². The number of terminal acetylenes is 1. The van der Waals surface area contributed by atoms with Gasteiger partial charge in [-0.2, -0.15) is 5.10 Å². The number of anilines is 1. The van der Waals surface area contributed by atoms with Crippen molar-refractivity contribution in [1.82, 2.24) is 9.78 Å². The average molecular weight is 371 g/mol. The maximum absolute atomic E-state index is 12.4. The summed E-state index contributed by atoms with van der Waals surface area (Å²) in [6.45, 7) is 4.38. The highest BCUT2D eigenvalue weighted by molar-refractivity contribution is 5.94. The minimum absolute atomic E-state index is 0.0178. The van der Waals surface area contributed by atoms with Crippen molar-refractivity contribution < 1.29 is 9.53 Å². The van der Waals surface area contributed by atoms with Crippen LogP contribution in [-0.4, -0.2) is 22.3 Å². The first kappa shape index (κ1) is 17.9. The third-order valence-corrected chi connectivity index (χ3v) is 5.16. The van der Waals surface area contributed by atoms with Crippen LogP contribution in [0.3, 0.4) is 0 Å². The SMILES string of the molecule is C#CCOc1ccc(C2CC(=O)Nc3c2cnn3-c2ccc(C)c(C)c2)cc1. The Labute approximate surface area is 164 Å². The summed E-state index contributed by atoms with van der Waals surface area (Å²) in [5.41, 5.74) is 5.39. The predicted molar refractivity (Wildman–Crippen MR) is 109 cm³/mol. The van der Waals surface area contributed by atoms with Crippen molar-refractivity contribution in [3.05, 3.63) is 70.9 Å². The second kappa shape index (κ2) is 7.24. The maximum atomic E-state index is 12.4. The number of nitrogens with one attached hydrogen (secondary N) is 1. The number of rotatable bonds is 4. The number of aryl methyl sites for hydroxylation is 2. The van der Waals surface area contributed by atoms with Crippen LogP contribution in [0.1, 0.15) is 34.6 Å². The monoisotopic (exact) mass is 371 g/mol. The van der Waals surface area contributed by atoms with E-state index in [9.17, 15) is 4.79 Å². The lowest BCUT2D eigenvalue weighted by atomic mass is 9.87. The Morgan fingerprint density at radius 1 is 1.21 bits per heavy atom. The molecule has 140 valence electrons. The Bertz CT molecular complexity index is 1070. The van der Waals surface area contributed by atoms with E-state index in [1.165, 1.54) is 11.1 Å². The number of amides is 1. The summed E-state index contributed by atoms with van der Waals surface area (Å²) in [5.74, 6) is 3.83. The van der Waals surface area contributed by atoms with Crippen molar-refractivity contribution in [2.75, 3.05) is 11.9 Å². The summed E-state index contributed by atoms with van der Waals surface area (Å²) in [6.07, 6.45) is 7.46. The summed E-state index contributed by atoms with van der Waals surface area (Å²) >= 11 is 0. The van der Waals surface area contributed by atoms with Gasteiger partial charge < -0.3 is 10.1 Å². The summed E-state index contributed by atoms with van der Waals surface area (Å²) in [6, 6.07) is 13.9. The van der Waals surface area contributed by atoms with Crippen LogP contribution >= 0.6 is 0 Å². The highest BCUT2D eigenvalue weighted by Crippen LogP contribution is 2.38. The molecule has 5 nitrogen and oxygen atoms in total. The topological polar surface area (TPSA) is 56.1 Å². The van der Waals surface area contributed by atoms with Crippen molar-refractivity contribution in [3.8, 4) is 23.8 Å². The van der Waals surface area contributed by atoms with Gasteiger partial charge in [-0.15, -0.1) is 6.42 Å². The molecule has 1 unspecified atom stereocenters. The Morgan fingerprint density at radius 2 is 2.00 bits per heavy atom. The third kappa shape index (κ3) is 3.25. The van der Waals surface area contributed by atoms with E-state index in [1.807, 2.05) is 36.5 Å². The van der Waals surface area contributed by atoms with Gasteiger partial charge >= 0.3 is 0 Å². The molecule has 2 heterocycles. The van der Waals surface area contributed by atoms with E-state index >= 15 is 0 Å². The molecule has 3 aromatic rings. The molecule has 1 aliphatic rings. The second-order valence-electron chi connectivity index (χ2n) is 7.00. The molecule has 0 radical (unpaired) electrons. The third-order valence-electron chi connectivity index (χ3n) is 5.16. The molecule has 0 saturated heterocycles. The van der Waals surface area contributed by atoms with Crippen molar-refractivity contribution in [1.29, 1.82) is 0 Å². The summed E-state index contributed by atoms with van der Waals surface area (Å²) in [5, 5.41) is 7.56. The predicted octanol–water partition coefficient (Wildman–Crippen LogP) is 3.98. The molecule has 5 heteroatoms. The zero-order valence-electron chi connectivity index (χ0n) is 15.9. The lowest BCUT2D eigenvalue weighted by molar-refractivity contribution is -0.116. The van der Waals surface area contributed by atoms with Crippen LogP contribution < -0.4 is 10.1 Å². The van der Waals surface area contributed by atoms with E-state index < -0.39 is 0 Å². The van der Waals surface area contributed by atoms with Gasteiger partial charge in [-0.3, -0.25) is 4.79 Å². The van der Waals surface area contributed by atoms with Crippen molar-refractivity contribution in [2.45, 2.75) is 26.2 Å². The molecule has 0 bridgehead atoms. The van der Waals surface area contributed by atoms with Gasteiger partial charge in [0.15, 0.2) is 0 Å². The number of fused-ring (bicyclic) bond motifs is 1. The highest BCUT2D eigenvalue weighted by Gasteiger charge is 2.30. The van der Waals surface area contributed by atoms with E-state index in [-0.39, 0.29) is 18.4 Å². The van der Waals surface area contributed by atoms with E-state index in [1.54, 1.807) is 4.68 Å². The van der Waals surface area contributed by atoms with Gasteiger partial charge in [0, 0.05) is 17.9 Å². The molecule has 1 N–H and O–H groups in total. The first-order valence-electron chi connectivity index (χ1n) is 9.18. The van der Waals surface area contributed by atoms with Crippen LogP contribution in [-0.2, 0) is 4.79 Å². The van der Waals surface area contributed by atoms with Gasteiger partial charge in [-0.25, -0.2) is 4.68 Å². The number of benzene rings is 2. The molecule has 0 fully saturated rings. The van der Waals surface area contributed by atoms with E-state index in [0.717, 1.165) is 22.6 Å². The van der Waals surface area contributed by atoms with Crippen molar-refractivity contribution in [3.63, 3.8) is 0 Å². The Hall–Kier alpha value is -3.52. The van der Waals surface area contributed by atoms with Gasteiger partial charge in [-0.05, 0) is 54.8 Å². The normalized spacial score (nSPS) is 15.5. The summed E-state index contributed by atoms with van der Waals surface area (Å²) < 4.78 is 7.24. The molecule has 1 aliphatic heterocycles. The molecule has 1 atom stereocenters.